The van der Waals surface area contributed by atoms with Gasteiger partial charge in [0, 0.05) is 13.1 Å². The van der Waals surface area contributed by atoms with Gasteiger partial charge in [0.2, 0.25) is 0 Å². The molecule has 0 unspecified atom stereocenters. The second-order valence-corrected chi connectivity index (χ2v) is 4.94. The van der Waals surface area contributed by atoms with E-state index < -0.39 is 0 Å². The van der Waals surface area contributed by atoms with Crippen molar-refractivity contribution in [1.82, 2.24) is 19.3 Å². The molecule has 0 aromatic carbocycles. The Bertz CT molecular complexity index is 579. The molecule has 2 aromatic rings. The van der Waals surface area contributed by atoms with Crippen LogP contribution in [0.25, 0.3) is 0 Å². The minimum Gasteiger partial charge on any atom is -0.330 e. The van der Waals surface area contributed by atoms with Crippen molar-refractivity contribution >= 4 is 11.7 Å². The lowest BCUT2D eigenvalue weighted by atomic mass is 10.2. The number of imidazole rings is 1. The van der Waals surface area contributed by atoms with Gasteiger partial charge >= 0.3 is 0 Å². The first kappa shape index (κ1) is 12.0. The van der Waals surface area contributed by atoms with Crippen LogP contribution in [0.3, 0.4) is 0 Å². The van der Waals surface area contributed by atoms with E-state index in [-0.39, 0.29) is 5.91 Å². The number of carbonyl (C=O) groups excluding carboxylic acids is 1. The zero-order valence-corrected chi connectivity index (χ0v) is 10.9. The summed E-state index contributed by atoms with van der Waals surface area (Å²) in [4.78, 5) is 16.1. The van der Waals surface area contributed by atoms with Crippen LogP contribution in [0.2, 0.25) is 0 Å². The van der Waals surface area contributed by atoms with Crippen molar-refractivity contribution in [3.8, 4) is 0 Å². The molecule has 0 radical (unpaired) electrons. The number of anilines is 1. The average Bonchev–Trinajstić information content (AvgIpc) is 3.07. The maximum absolute atomic E-state index is 12.1. The Hall–Kier alpha value is -2.11. The fraction of sp³-hybridized carbons (Fsp3) is 0.462. The highest BCUT2D eigenvalue weighted by molar-refractivity contribution is 6.02. The first-order valence-electron chi connectivity index (χ1n) is 6.57. The molecule has 2 heterocycles. The summed E-state index contributed by atoms with van der Waals surface area (Å²) in [5.41, 5.74) is 0.541. The number of nitrogens with zero attached hydrogens (tertiary/aromatic N) is 4. The van der Waals surface area contributed by atoms with Gasteiger partial charge in [-0.3, -0.25) is 4.79 Å². The van der Waals surface area contributed by atoms with Crippen molar-refractivity contribution in [2.75, 3.05) is 5.32 Å². The third-order valence-corrected chi connectivity index (χ3v) is 3.63. The standard InChI is InChI=1S/C13H17N5O/c1-17-9-14-8-11(17)13(19)16-12-6-7-15-18(12)10-4-2-3-5-10/h6-10H,2-5H2,1H3,(H,16,19). The van der Waals surface area contributed by atoms with E-state index in [0.717, 1.165) is 18.7 Å². The van der Waals surface area contributed by atoms with Gasteiger partial charge in [-0.15, -0.1) is 0 Å². The number of rotatable bonds is 3. The lowest BCUT2D eigenvalue weighted by Gasteiger charge is -2.14. The van der Waals surface area contributed by atoms with E-state index in [9.17, 15) is 4.79 Å². The lowest BCUT2D eigenvalue weighted by molar-refractivity contribution is 0.101. The molecule has 0 bridgehead atoms. The smallest absolute Gasteiger partial charge is 0.275 e. The van der Waals surface area contributed by atoms with Gasteiger partial charge in [0.25, 0.3) is 5.91 Å². The second kappa shape index (κ2) is 4.87. The van der Waals surface area contributed by atoms with Gasteiger partial charge in [0.15, 0.2) is 0 Å². The van der Waals surface area contributed by atoms with Crippen LogP contribution in [0.4, 0.5) is 5.82 Å². The molecule has 100 valence electrons. The first-order valence-corrected chi connectivity index (χ1v) is 6.57. The lowest BCUT2D eigenvalue weighted by Crippen LogP contribution is -2.19. The van der Waals surface area contributed by atoms with Gasteiger partial charge in [-0.1, -0.05) is 12.8 Å². The highest BCUT2D eigenvalue weighted by Crippen LogP contribution is 2.31. The summed E-state index contributed by atoms with van der Waals surface area (Å²) >= 11 is 0. The van der Waals surface area contributed by atoms with Gasteiger partial charge in [-0.2, -0.15) is 5.10 Å². The van der Waals surface area contributed by atoms with E-state index >= 15 is 0 Å². The fourth-order valence-corrected chi connectivity index (χ4v) is 2.61. The Balaban J connectivity index is 1.78. The predicted octanol–water partition coefficient (Wildman–Crippen LogP) is 1.98. The predicted molar refractivity (Wildman–Crippen MR) is 70.9 cm³/mol. The molecule has 19 heavy (non-hydrogen) atoms. The molecule has 0 saturated heterocycles. The molecule has 1 aliphatic rings. The van der Waals surface area contributed by atoms with Crippen molar-refractivity contribution in [2.45, 2.75) is 31.7 Å². The van der Waals surface area contributed by atoms with E-state index in [4.69, 9.17) is 0 Å². The van der Waals surface area contributed by atoms with Crippen LogP contribution in [0.15, 0.2) is 24.8 Å². The molecule has 0 aliphatic heterocycles. The van der Waals surface area contributed by atoms with Gasteiger partial charge in [0.05, 0.1) is 24.8 Å². The van der Waals surface area contributed by atoms with E-state index in [0.29, 0.717) is 11.7 Å². The van der Waals surface area contributed by atoms with Crippen LogP contribution in [0.1, 0.15) is 42.2 Å². The maximum Gasteiger partial charge on any atom is 0.275 e. The number of hydrogen-bond acceptors (Lipinski definition) is 3. The third kappa shape index (κ3) is 2.25. The van der Waals surface area contributed by atoms with Crippen LogP contribution in [-0.4, -0.2) is 25.2 Å². The number of carbonyl (C=O) groups is 1. The maximum atomic E-state index is 12.1. The average molecular weight is 259 g/mol. The molecular formula is C13H17N5O. The second-order valence-electron chi connectivity index (χ2n) is 4.94. The number of hydrogen-bond donors (Lipinski definition) is 1. The molecule has 3 rings (SSSR count). The summed E-state index contributed by atoms with van der Waals surface area (Å²) in [5.74, 6) is 0.609. The molecule has 1 fully saturated rings. The summed E-state index contributed by atoms with van der Waals surface area (Å²) < 4.78 is 3.63. The van der Waals surface area contributed by atoms with Crippen molar-refractivity contribution in [3.63, 3.8) is 0 Å². The number of aryl methyl sites for hydroxylation is 1. The summed E-state index contributed by atoms with van der Waals surface area (Å²) in [6.45, 7) is 0. The van der Waals surface area contributed by atoms with Crippen molar-refractivity contribution in [3.05, 3.63) is 30.5 Å². The summed E-state index contributed by atoms with van der Waals surface area (Å²) in [6.07, 6.45) is 9.65. The molecule has 1 saturated carbocycles. The highest BCUT2D eigenvalue weighted by Gasteiger charge is 2.21. The quantitative estimate of drug-likeness (QED) is 0.916. The van der Waals surface area contributed by atoms with E-state index in [1.165, 1.54) is 12.8 Å². The molecule has 0 spiro atoms. The van der Waals surface area contributed by atoms with Crippen molar-refractivity contribution in [1.29, 1.82) is 0 Å². The van der Waals surface area contributed by atoms with Crippen LogP contribution < -0.4 is 5.32 Å². The molecule has 1 N–H and O–H groups in total. The molecule has 6 heteroatoms. The molecule has 1 aliphatic carbocycles. The normalized spacial score (nSPS) is 15.8. The molecule has 0 atom stereocenters. The minimum atomic E-state index is -0.153. The zero-order valence-electron chi connectivity index (χ0n) is 10.9. The van der Waals surface area contributed by atoms with Gasteiger partial charge in [-0.25, -0.2) is 9.67 Å². The van der Waals surface area contributed by atoms with E-state index in [2.05, 4.69) is 15.4 Å². The summed E-state index contributed by atoms with van der Waals surface area (Å²) in [6, 6.07) is 2.25. The van der Waals surface area contributed by atoms with Crippen LogP contribution in [0, 0.1) is 0 Å². The Morgan fingerprint density at radius 3 is 2.89 bits per heavy atom. The van der Waals surface area contributed by atoms with E-state index in [1.54, 1.807) is 30.3 Å². The zero-order chi connectivity index (χ0) is 13.2. The number of amides is 1. The van der Waals surface area contributed by atoms with Crippen molar-refractivity contribution in [2.24, 2.45) is 7.05 Å². The topological polar surface area (TPSA) is 64.7 Å². The third-order valence-electron chi connectivity index (χ3n) is 3.63. The summed E-state index contributed by atoms with van der Waals surface area (Å²) in [5, 5.41) is 7.25. The van der Waals surface area contributed by atoms with Crippen LogP contribution in [-0.2, 0) is 7.05 Å². The van der Waals surface area contributed by atoms with Gasteiger partial charge < -0.3 is 9.88 Å². The fourth-order valence-electron chi connectivity index (χ4n) is 2.61. The van der Waals surface area contributed by atoms with Crippen LogP contribution in [0.5, 0.6) is 0 Å². The highest BCUT2D eigenvalue weighted by atomic mass is 16.2. The van der Waals surface area contributed by atoms with Crippen LogP contribution >= 0.6 is 0 Å². The monoisotopic (exact) mass is 259 g/mol. The van der Waals surface area contributed by atoms with Crippen molar-refractivity contribution < 1.29 is 4.79 Å². The largest absolute Gasteiger partial charge is 0.330 e. The Kier molecular flexibility index (Phi) is 3.06. The molecule has 2 aromatic heterocycles. The van der Waals surface area contributed by atoms with Gasteiger partial charge in [0.1, 0.15) is 11.5 Å². The Morgan fingerprint density at radius 2 is 2.21 bits per heavy atom. The first-order chi connectivity index (χ1) is 9.25. The SMILES string of the molecule is Cn1cncc1C(=O)Nc1ccnn1C1CCCC1. The van der Waals surface area contributed by atoms with Gasteiger partial charge in [-0.05, 0) is 12.8 Å². The number of aromatic nitrogens is 4. The molecular weight excluding hydrogens is 242 g/mol. The number of nitrogens with one attached hydrogen (secondary N) is 1. The minimum absolute atomic E-state index is 0.153. The molecule has 6 nitrogen and oxygen atoms in total. The van der Waals surface area contributed by atoms with E-state index in [1.807, 2.05) is 10.7 Å². The Labute approximate surface area is 111 Å². The molecule has 1 amide bonds. The summed E-state index contributed by atoms with van der Waals surface area (Å²) in [7, 11) is 1.80. The Morgan fingerprint density at radius 1 is 1.42 bits per heavy atom.